The van der Waals surface area contributed by atoms with Crippen molar-refractivity contribution in [1.82, 2.24) is 0 Å². The molecule has 0 amide bonds. The van der Waals surface area contributed by atoms with E-state index >= 15 is 0 Å². The van der Waals surface area contributed by atoms with Gasteiger partial charge in [-0.25, -0.2) is 0 Å². The van der Waals surface area contributed by atoms with Crippen LogP contribution in [-0.4, -0.2) is 5.60 Å². The Balaban J connectivity index is 2.44. The van der Waals surface area contributed by atoms with E-state index in [0.29, 0.717) is 0 Å². The first-order chi connectivity index (χ1) is 5.99. The van der Waals surface area contributed by atoms with Crippen LogP contribution in [0.1, 0.15) is 53.4 Å². The van der Waals surface area contributed by atoms with Crippen LogP contribution in [0.4, 0.5) is 0 Å². The average molecular weight is 184 g/mol. The van der Waals surface area contributed by atoms with Crippen LogP contribution in [0.3, 0.4) is 0 Å². The van der Waals surface area contributed by atoms with Crippen LogP contribution in [0.25, 0.3) is 0 Å². The second-order valence-electron chi connectivity index (χ2n) is 4.69. The molecule has 76 valence electrons. The lowest BCUT2D eigenvalue weighted by molar-refractivity contribution is -0.324. The summed E-state index contributed by atoms with van der Waals surface area (Å²) in [5, 5.41) is 0. The first-order valence-electron chi connectivity index (χ1n) is 5.03. The molecule has 0 aromatic heterocycles. The second kappa shape index (κ2) is 4.14. The lowest BCUT2D eigenvalue weighted by Crippen LogP contribution is -2.20. The van der Waals surface area contributed by atoms with E-state index in [9.17, 15) is 0 Å². The maximum atomic E-state index is 5.34. The zero-order valence-electron chi connectivity index (χ0n) is 9.14. The number of hydrogen-bond acceptors (Lipinski definition) is 2. The largest absolute Gasteiger partial charge is 0.342 e. The van der Waals surface area contributed by atoms with Gasteiger partial charge in [0.05, 0.1) is 0 Å². The van der Waals surface area contributed by atoms with Crippen molar-refractivity contribution in [2.45, 2.75) is 59.0 Å². The topological polar surface area (TPSA) is 18.5 Å². The van der Waals surface area contributed by atoms with Crippen molar-refractivity contribution in [2.24, 2.45) is 0 Å². The number of hydrogen-bond donors (Lipinski definition) is 0. The molecular formula is C11H20O2. The van der Waals surface area contributed by atoms with E-state index in [-0.39, 0.29) is 5.60 Å². The van der Waals surface area contributed by atoms with Crippen molar-refractivity contribution in [2.75, 3.05) is 0 Å². The molecule has 0 saturated heterocycles. The standard InChI is InChI=1S/C11H20O2/c1-9-7-5-6-8-10(9)12-13-11(2,3)4/h5-8H2,1-4H3. The first-order valence-corrected chi connectivity index (χ1v) is 5.03. The molecule has 0 aromatic rings. The molecule has 1 aliphatic carbocycles. The van der Waals surface area contributed by atoms with E-state index < -0.39 is 0 Å². The fraction of sp³-hybridized carbons (Fsp3) is 0.818. The molecule has 0 radical (unpaired) electrons. The van der Waals surface area contributed by atoms with Crippen LogP contribution in [-0.2, 0) is 9.78 Å². The third-order valence-corrected chi connectivity index (χ3v) is 2.07. The van der Waals surface area contributed by atoms with Crippen molar-refractivity contribution in [3.8, 4) is 0 Å². The Morgan fingerprint density at radius 2 is 1.69 bits per heavy atom. The molecule has 0 aromatic carbocycles. The highest BCUT2D eigenvalue weighted by molar-refractivity contribution is 5.08. The van der Waals surface area contributed by atoms with Crippen LogP contribution >= 0.6 is 0 Å². The average Bonchev–Trinajstić information content (AvgIpc) is 2.01. The molecule has 0 heterocycles. The Hall–Kier alpha value is -0.500. The predicted molar refractivity (Wildman–Crippen MR) is 53.1 cm³/mol. The maximum absolute atomic E-state index is 5.34. The van der Waals surface area contributed by atoms with Gasteiger partial charge in [-0.05, 0) is 52.5 Å². The van der Waals surface area contributed by atoms with Crippen molar-refractivity contribution in [1.29, 1.82) is 0 Å². The third kappa shape index (κ3) is 3.81. The van der Waals surface area contributed by atoms with Crippen LogP contribution in [0, 0.1) is 0 Å². The summed E-state index contributed by atoms with van der Waals surface area (Å²) < 4.78 is 0. The van der Waals surface area contributed by atoms with Crippen LogP contribution in [0.2, 0.25) is 0 Å². The van der Waals surface area contributed by atoms with Gasteiger partial charge in [-0.2, -0.15) is 4.89 Å². The fourth-order valence-corrected chi connectivity index (χ4v) is 1.32. The summed E-state index contributed by atoms with van der Waals surface area (Å²) in [6, 6.07) is 0. The van der Waals surface area contributed by atoms with Crippen molar-refractivity contribution < 1.29 is 9.78 Å². The molecule has 1 aliphatic rings. The number of rotatable bonds is 2. The van der Waals surface area contributed by atoms with E-state index in [0.717, 1.165) is 18.6 Å². The molecule has 0 fully saturated rings. The molecule has 0 atom stereocenters. The monoisotopic (exact) mass is 184 g/mol. The van der Waals surface area contributed by atoms with Crippen LogP contribution in [0.15, 0.2) is 11.3 Å². The lowest BCUT2D eigenvalue weighted by Gasteiger charge is -2.22. The van der Waals surface area contributed by atoms with Crippen LogP contribution in [0.5, 0.6) is 0 Å². The van der Waals surface area contributed by atoms with Gasteiger partial charge in [0.25, 0.3) is 0 Å². The SMILES string of the molecule is CC1=C(OOC(C)(C)C)CCCC1. The molecular weight excluding hydrogens is 164 g/mol. The predicted octanol–water partition coefficient (Wildman–Crippen LogP) is 3.58. The normalized spacial score (nSPS) is 19.1. The summed E-state index contributed by atoms with van der Waals surface area (Å²) in [6.45, 7) is 8.10. The molecule has 0 N–H and O–H groups in total. The van der Waals surface area contributed by atoms with Crippen molar-refractivity contribution in [3.63, 3.8) is 0 Å². The summed E-state index contributed by atoms with van der Waals surface area (Å²) in [5.74, 6) is 1.04. The van der Waals surface area contributed by atoms with Crippen LogP contribution < -0.4 is 0 Å². The summed E-state index contributed by atoms with van der Waals surface area (Å²) in [6.07, 6.45) is 4.69. The number of allylic oxidation sites excluding steroid dienone is 2. The Labute approximate surface area is 80.8 Å². The van der Waals surface area contributed by atoms with Crippen molar-refractivity contribution in [3.05, 3.63) is 11.3 Å². The van der Waals surface area contributed by atoms with Gasteiger partial charge in [-0.1, -0.05) is 0 Å². The Bertz CT molecular complexity index is 199. The Kier molecular flexibility index (Phi) is 3.37. The molecule has 13 heavy (non-hydrogen) atoms. The molecule has 0 unspecified atom stereocenters. The summed E-state index contributed by atoms with van der Waals surface area (Å²) in [4.78, 5) is 10.6. The van der Waals surface area contributed by atoms with Gasteiger partial charge in [0.15, 0.2) is 0 Å². The molecule has 0 saturated carbocycles. The van der Waals surface area contributed by atoms with Crippen molar-refractivity contribution >= 4 is 0 Å². The molecule has 0 bridgehead atoms. The van der Waals surface area contributed by atoms with Gasteiger partial charge >= 0.3 is 0 Å². The lowest BCUT2D eigenvalue weighted by atomic mass is 9.99. The quantitative estimate of drug-likeness (QED) is 0.482. The second-order valence-corrected chi connectivity index (χ2v) is 4.69. The Morgan fingerprint density at radius 1 is 1.08 bits per heavy atom. The zero-order valence-corrected chi connectivity index (χ0v) is 9.14. The van der Waals surface area contributed by atoms with Gasteiger partial charge in [-0.15, -0.1) is 0 Å². The summed E-state index contributed by atoms with van der Waals surface area (Å²) >= 11 is 0. The molecule has 2 nitrogen and oxygen atoms in total. The van der Waals surface area contributed by atoms with Gasteiger partial charge in [0, 0.05) is 6.42 Å². The maximum Gasteiger partial charge on any atom is 0.141 e. The molecule has 2 heteroatoms. The van der Waals surface area contributed by atoms with Gasteiger partial charge in [-0.3, -0.25) is 0 Å². The van der Waals surface area contributed by atoms with Gasteiger partial charge < -0.3 is 4.89 Å². The molecule has 0 aliphatic heterocycles. The highest BCUT2D eigenvalue weighted by Gasteiger charge is 2.16. The van der Waals surface area contributed by atoms with E-state index in [2.05, 4.69) is 6.92 Å². The summed E-state index contributed by atoms with van der Waals surface area (Å²) in [7, 11) is 0. The zero-order chi connectivity index (χ0) is 9.90. The Morgan fingerprint density at radius 3 is 2.23 bits per heavy atom. The third-order valence-electron chi connectivity index (χ3n) is 2.07. The minimum absolute atomic E-state index is 0.218. The molecule has 1 rings (SSSR count). The minimum atomic E-state index is -0.218. The first kappa shape index (κ1) is 10.6. The molecule has 0 spiro atoms. The highest BCUT2D eigenvalue weighted by Crippen LogP contribution is 2.26. The fourth-order valence-electron chi connectivity index (χ4n) is 1.32. The minimum Gasteiger partial charge on any atom is -0.342 e. The van der Waals surface area contributed by atoms with E-state index in [1.54, 1.807) is 0 Å². The van der Waals surface area contributed by atoms with E-state index in [1.807, 2.05) is 20.8 Å². The van der Waals surface area contributed by atoms with E-state index in [1.165, 1.54) is 18.4 Å². The smallest absolute Gasteiger partial charge is 0.141 e. The van der Waals surface area contributed by atoms with E-state index in [4.69, 9.17) is 9.78 Å². The summed E-state index contributed by atoms with van der Waals surface area (Å²) in [5.41, 5.74) is 1.13. The highest BCUT2D eigenvalue weighted by atomic mass is 17.2. The van der Waals surface area contributed by atoms with Gasteiger partial charge in [0.1, 0.15) is 11.4 Å². The van der Waals surface area contributed by atoms with Gasteiger partial charge in [0.2, 0.25) is 0 Å².